The number of aryl methyl sites for hydroxylation is 1. The SMILES string of the molecule is Cc1cc(Br)c2oc(N3CCC(F)(F)CC3)c(C)c(=O)c2c1. The van der Waals surface area contributed by atoms with Crippen molar-refractivity contribution in [1.29, 1.82) is 0 Å². The van der Waals surface area contributed by atoms with Gasteiger partial charge in [-0.3, -0.25) is 4.79 Å². The molecule has 0 radical (unpaired) electrons. The molecule has 0 saturated carbocycles. The summed E-state index contributed by atoms with van der Waals surface area (Å²) in [4.78, 5) is 14.3. The molecule has 1 aliphatic rings. The molecule has 6 heteroatoms. The lowest BCUT2D eigenvalue weighted by atomic mass is 10.1. The van der Waals surface area contributed by atoms with Crippen LogP contribution in [0.5, 0.6) is 0 Å². The molecule has 1 aromatic carbocycles. The van der Waals surface area contributed by atoms with Crippen LogP contribution >= 0.6 is 15.9 Å². The Kier molecular flexibility index (Phi) is 3.75. The van der Waals surface area contributed by atoms with Gasteiger partial charge in [0.25, 0.3) is 5.92 Å². The van der Waals surface area contributed by atoms with E-state index in [9.17, 15) is 13.6 Å². The van der Waals surface area contributed by atoms with Crippen LogP contribution in [0.1, 0.15) is 24.0 Å². The summed E-state index contributed by atoms with van der Waals surface area (Å²) in [5, 5.41) is 0.510. The first-order valence-electron chi connectivity index (χ1n) is 7.15. The van der Waals surface area contributed by atoms with Crippen LogP contribution in [0.25, 0.3) is 11.0 Å². The molecule has 0 amide bonds. The number of anilines is 1. The Labute approximate surface area is 135 Å². The van der Waals surface area contributed by atoms with Crippen molar-refractivity contribution in [1.82, 2.24) is 0 Å². The maximum absolute atomic E-state index is 13.3. The van der Waals surface area contributed by atoms with Gasteiger partial charge in [0.05, 0.1) is 15.4 Å². The zero-order valence-corrected chi connectivity index (χ0v) is 14.0. The highest BCUT2D eigenvalue weighted by Gasteiger charge is 2.35. The Bertz CT molecular complexity index is 791. The lowest BCUT2D eigenvalue weighted by Crippen LogP contribution is -2.40. The van der Waals surface area contributed by atoms with E-state index in [1.54, 1.807) is 17.9 Å². The maximum atomic E-state index is 13.3. The molecule has 0 aliphatic carbocycles. The predicted molar refractivity (Wildman–Crippen MR) is 86.1 cm³/mol. The van der Waals surface area contributed by atoms with Crippen LogP contribution in [-0.4, -0.2) is 19.0 Å². The van der Waals surface area contributed by atoms with E-state index in [0.717, 1.165) is 5.56 Å². The van der Waals surface area contributed by atoms with E-state index >= 15 is 0 Å². The highest BCUT2D eigenvalue weighted by atomic mass is 79.9. The average Bonchev–Trinajstić information content (AvgIpc) is 2.44. The van der Waals surface area contributed by atoms with Gasteiger partial charge in [0.1, 0.15) is 0 Å². The third-order valence-electron chi connectivity index (χ3n) is 4.07. The molecule has 0 unspecified atom stereocenters. The van der Waals surface area contributed by atoms with Gasteiger partial charge in [0, 0.05) is 25.9 Å². The molecule has 0 atom stereocenters. The third kappa shape index (κ3) is 2.64. The Morgan fingerprint density at radius 2 is 1.86 bits per heavy atom. The van der Waals surface area contributed by atoms with Crippen molar-refractivity contribution in [2.45, 2.75) is 32.6 Å². The highest BCUT2D eigenvalue weighted by Crippen LogP contribution is 2.34. The fraction of sp³-hybridized carbons (Fsp3) is 0.438. The molecule has 2 heterocycles. The minimum Gasteiger partial charge on any atom is -0.439 e. The zero-order chi connectivity index (χ0) is 16.1. The number of alkyl halides is 2. The van der Waals surface area contributed by atoms with Crippen molar-refractivity contribution in [3.05, 3.63) is 38.0 Å². The van der Waals surface area contributed by atoms with Crippen LogP contribution in [-0.2, 0) is 0 Å². The van der Waals surface area contributed by atoms with Crippen LogP contribution in [0.3, 0.4) is 0 Å². The minimum atomic E-state index is -2.63. The van der Waals surface area contributed by atoms with E-state index in [1.165, 1.54) is 0 Å². The van der Waals surface area contributed by atoms with Gasteiger partial charge in [-0.05, 0) is 47.5 Å². The van der Waals surface area contributed by atoms with Crippen molar-refractivity contribution in [3.8, 4) is 0 Å². The molecule has 0 N–H and O–H groups in total. The predicted octanol–water partition coefficient (Wildman–Crippen LogP) is 4.41. The van der Waals surface area contributed by atoms with Crippen molar-refractivity contribution in [2.75, 3.05) is 18.0 Å². The molecular formula is C16H16BrF2NO2. The molecule has 1 saturated heterocycles. The smallest absolute Gasteiger partial charge is 0.251 e. The normalized spacial score (nSPS) is 18.0. The summed E-state index contributed by atoms with van der Waals surface area (Å²) in [5.41, 5.74) is 1.78. The lowest BCUT2D eigenvalue weighted by molar-refractivity contribution is -0.0225. The Morgan fingerprint density at radius 3 is 2.50 bits per heavy atom. The Morgan fingerprint density at radius 1 is 1.23 bits per heavy atom. The van der Waals surface area contributed by atoms with Crippen molar-refractivity contribution >= 4 is 32.8 Å². The molecule has 118 valence electrons. The molecule has 2 aromatic rings. The van der Waals surface area contributed by atoms with Crippen LogP contribution < -0.4 is 10.3 Å². The lowest BCUT2D eigenvalue weighted by Gasteiger charge is -2.32. The monoisotopic (exact) mass is 371 g/mol. The molecule has 1 aromatic heterocycles. The quantitative estimate of drug-likeness (QED) is 0.744. The minimum absolute atomic E-state index is 0.113. The summed E-state index contributed by atoms with van der Waals surface area (Å²) < 4.78 is 33.2. The molecule has 22 heavy (non-hydrogen) atoms. The molecule has 1 fully saturated rings. The first kappa shape index (κ1) is 15.5. The van der Waals surface area contributed by atoms with Gasteiger partial charge in [-0.2, -0.15) is 0 Å². The highest BCUT2D eigenvalue weighted by molar-refractivity contribution is 9.10. The van der Waals surface area contributed by atoms with Crippen molar-refractivity contribution < 1.29 is 13.2 Å². The summed E-state index contributed by atoms with van der Waals surface area (Å²) in [6.07, 6.45) is -0.438. The van der Waals surface area contributed by atoms with Crippen LogP contribution in [0.15, 0.2) is 25.8 Å². The largest absolute Gasteiger partial charge is 0.439 e. The molecule has 0 bridgehead atoms. The van der Waals surface area contributed by atoms with Crippen LogP contribution in [0.2, 0.25) is 0 Å². The molecule has 3 rings (SSSR count). The Balaban J connectivity index is 2.12. The number of piperidine rings is 1. The number of fused-ring (bicyclic) bond motifs is 1. The topological polar surface area (TPSA) is 33.5 Å². The average molecular weight is 372 g/mol. The second kappa shape index (κ2) is 5.33. The summed E-state index contributed by atoms with van der Waals surface area (Å²) in [6, 6.07) is 3.65. The van der Waals surface area contributed by atoms with Gasteiger partial charge in [0.2, 0.25) is 5.88 Å². The first-order chi connectivity index (χ1) is 10.3. The fourth-order valence-electron chi connectivity index (χ4n) is 2.81. The van der Waals surface area contributed by atoms with Crippen molar-refractivity contribution in [2.24, 2.45) is 0 Å². The van der Waals surface area contributed by atoms with E-state index in [2.05, 4.69) is 15.9 Å². The molecular weight excluding hydrogens is 356 g/mol. The second-order valence-electron chi connectivity index (χ2n) is 5.83. The van der Waals surface area contributed by atoms with Crippen LogP contribution in [0, 0.1) is 13.8 Å². The molecule has 1 aliphatic heterocycles. The maximum Gasteiger partial charge on any atom is 0.251 e. The van der Waals surface area contributed by atoms with Gasteiger partial charge in [-0.1, -0.05) is 0 Å². The fourth-order valence-corrected chi connectivity index (χ4v) is 3.47. The zero-order valence-electron chi connectivity index (χ0n) is 12.4. The number of rotatable bonds is 1. The van der Waals surface area contributed by atoms with Gasteiger partial charge in [0.15, 0.2) is 11.0 Å². The van der Waals surface area contributed by atoms with Gasteiger partial charge >= 0.3 is 0 Å². The number of halogens is 3. The number of hydrogen-bond donors (Lipinski definition) is 0. The molecule has 3 nitrogen and oxygen atoms in total. The number of benzene rings is 1. The first-order valence-corrected chi connectivity index (χ1v) is 7.94. The van der Waals surface area contributed by atoms with E-state index in [1.807, 2.05) is 13.0 Å². The summed E-state index contributed by atoms with van der Waals surface area (Å²) in [6.45, 7) is 3.96. The third-order valence-corrected chi connectivity index (χ3v) is 4.66. The van der Waals surface area contributed by atoms with Crippen LogP contribution in [0.4, 0.5) is 14.7 Å². The van der Waals surface area contributed by atoms with Gasteiger partial charge in [-0.25, -0.2) is 8.78 Å². The van der Waals surface area contributed by atoms with Gasteiger partial charge in [-0.15, -0.1) is 0 Å². The van der Waals surface area contributed by atoms with E-state index in [0.29, 0.717) is 26.9 Å². The van der Waals surface area contributed by atoms with E-state index in [-0.39, 0.29) is 31.4 Å². The van der Waals surface area contributed by atoms with Crippen molar-refractivity contribution in [3.63, 3.8) is 0 Å². The van der Waals surface area contributed by atoms with E-state index < -0.39 is 5.92 Å². The number of hydrogen-bond acceptors (Lipinski definition) is 3. The summed E-state index contributed by atoms with van der Waals surface area (Å²) >= 11 is 3.41. The summed E-state index contributed by atoms with van der Waals surface area (Å²) in [7, 11) is 0. The van der Waals surface area contributed by atoms with E-state index in [4.69, 9.17) is 4.42 Å². The standard InChI is InChI=1S/C16H16BrF2NO2/c1-9-7-11-13(21)10(2)15(22-14(11)12(17)8-9)20-5-3-16(18,19)4-6-20/h7-8H,3-6H2,1-2H3. The summed E-state index contributed by atoms with van der Waals surface area (Å²) in [5.74, 6) is -2.23. The molecule has 0 spiro atoms. The Hall–Kier alpha value is -1.43. The second-order valence-corrected chi connectivity index (χ2v) is 6.68. The van der Waals surface area contributed by atoms with Gasteiger partial charge < -0.3 is 9.32 Å². The number of nitrogens with zero attached hydrogens (tertiary/aromatic N) is 1.